The van der Waals surface area contributed by atoms with Crippen molar-refractivity contribution in [3.63, 3.8) is 0 Å². The first-order chi connectivity index (χ1) is 9.66. The number of rotatable bonds is 2. The summed E-state index contributed by atoms with van der Waals surface area (Å²) < 4.78 is 0. The minimum absolute atomic E-state index is 0.0258. The van der Waals surface area contributed by atoms with E-state index < -0.39 is 0 Å². The average Bonchev–Trinajstić information content (AvgIpc) is 2.48. The van der Waals surface area contributed by atoms with Crippen molar-refractivity contribution in [3.05, 3.63) is 65.2 Å². The van der Waals surface area contributed by atoms with E-state index in [0.717, 1.165) is 35.3 Å². The second-order valence-electron chi connectivity index (χ2n) is 5.25. The van der Waals surface area contributed by atoms with Crippen molar-refractivity contribution in [2.75, 3.05) is 11.4 Å². The van der Waals surface area contributed by atoms with Crippen molar-refractivity contribution in [1.29, 1.82) is 0 Å². The fourth-order valence-electron chi connectivity index (χ4n) is 2.65. The molecular weight excluding hydrogens is 248 g/mol. The summed E-state index contributed by atoms with van der Waals surface area (Å²) in [5, 5.41) is 0. The largest absolute Gasteiger partial charge is 0.324 e. The minimum atomic E-state index is -0.0258. The molecule has 2 aromatic rings. The molecule has 0 aromatic heterocycles. The molecule has 1 aliphatic heterocycles. The maximum Gasteiger partial charge on any atom is 0.258 e. The maximum atomic E-state index is 12.6. The van der Waals surface area contributed by atoms with Gasteiger partial charge in [-0.3, -0.25) is 4.79 Å². The predicted molar refractivity (Wildman–Crippen MR) is 80.9 cm³/mol. The van der Waals surface area contributed by atoms with Crippen LogP contribution in [0.3, 0.4) is 0 Å². The van der Waals surface area contributed by atoms with Crippen molar-refractivity contribution in [2.45, 2.75) is 19.4 Å². The third-order valence-electron chi connectivity index (χ3n) is 3.81. The highest BCUT2D eigenvalue weighted by atomic mass is 16.2. The Kier molecular flexibility index (Phi) is 3.28. The molecule has 0 aliphatic carbocycles. The van der Waals surface area contributed by atoms with Crippen LogP contribution in [0.1, 0.15) is 34.5 Å². The molecule has 102 valence electrons. The van der Waals surface area contributed by atoms with E-state index in [1.54, 1.807) is 0 Å². The van der Waals surface area contributed by atoms with Gasteiger partial charge >= 0.3 is 0 Å². The Bertz CT molecular complexity index is 649. The Morgan fingerprint density at radius 3 is 2.75 bits per heavy atom. The zero-order valence-electron chi connectivity index (χ0n) is 11.5. The van der Waals surface area contributed by atoms with Crippen LogP contribution in [0.25, 0.3) is 0 Å². The Morgan fingerprint density at radius 1 is 1.15 bits per heavy atom. The van der Waals surface area contributed by atoms with Gasteiger partial charge in [0.15, 0.2) is 0 Å². The SMILES string of the molecule is CC(N)c1cccc(N2CCc3ccccc3C2=O)c1. The van der Waals surface area contributed by atoms with Crippen molar-refractivity contribution < 1.29 is 4.79 Å². The molecule has 3 rings (SSSR count). The third-order valence-corrected chi connectivity index (χ3v) is 3.81. The molecule has 3 nitrogen and oxygen atoms in total. The van der Waals surface area contributed by atoms with E-state index >= 15 is 0 Å². The molecule has 0 spiro atoms. The predicted octanol–water partition coefficient (Wildman–Crippen LogP) is 2.91. The van der Waals surface area contributed by atoms with Gasteiger partial charge in [-0.2, -0.15) is 0 Å². The Morgan fingerprint density at radius 2 is 1.95 bits per heavy atom. The van der Waals surface area contributed by atoms with Crippen LogP contribution < -0.4 is 10.6 Å². The second-order valence-corrected chi connectivity index (χ2v) is 5.25. The summed E-state index contributed by atoms with van der Waals surface area (Å²) in [5.41, 5.74) is 9.85. The van der Waals surface area contributed by atoms with E-state index in [4.69, 9.17) is 5.73 Å². The molecule has 0 fully saturated rings. The van der Waals surface area contributed by atoms with Gasteiger partial charge in [-0.15, -0.1) is 0 Å². The summed E-state index contributed by atoms with van der Waals surface area (Å²) in [6.07, 6.45) is 0.893. The van der Waals surface area contributed by atoms with Gasteiger partial charge in [0.1, 0.15) is 0 Å². The molecule has 2 aromatic carbocycles. The molecule has 3 heteroatoms. The van der Waals surface area contributed by atoms with Gasteiger partial charge in [0.05, 0.1) is 0 Å². The van der Waals surface area contributed by atoms with Crippen molar-refractivity contribution in [2.24, 2.45) is 5.73 Å². The van der Waals surface area contributed by atoms with Crippen LogP contribution in [0.5, 0.6) is 0 Å². The van der Waals surface area contributed by atoms with E-state index in [1.165, 1.54) is 0 Å². The number of fused-ring (bicyclic) bond motifs is 1. The highest BCUT2D eigenvalue weighted by molar-refractivity contribution is 6.08. The first-order valence-electron chi connectivity index (χ1n) is 6.92. The molecule has 0 saturated heterocycles. The molecule has 0 bridgehead atoms. The molecule has 1 heterocycles. The number of amides is 1. The average molecular weight is 266 g/mol. The van der Waals surface area contributed by atoms with Crippen LogP contribution in [0.15, 0.2) is 48.5 Å². The van der Waals surface area contributed by atoms with Gasteiger partial charge in [-0.25, -0.2) is 0 Å². The number of hydrogen-bond acceptors (Lipinski definition) is 2. The molecule has 1 amide bonds. The van der Waals surface area contributed by atoms with Crippen molar-refractivity contribution in [3.8, 4) is 0 Å². The first-order valence-corrected chi connectivity index (χ1v) is 6.92. The monoisotopic (exact) mass is 266 g/mol. The zero-order chi connectivity index (χ0) is 14.1. The number of hydrogen-bond donors (Lipinski definition) is 1. The molecule has 1 unspecified atom stereocenters. The Balaban J connectivity index is 1.97. The number of benzene rings is 2. The first kappa shape index (κ1) is 12.9. The summed E-state index contributed by atoms with van der Waals surface area (Å²) in [5.74, 6) is 0.0775. The molecule has 0 saturated carbocycles. The number of nitrogens with zero attached hydrogens (tertiary/aromatic N) is 1. The number of carbonyl (C=O) groups is 1. The molecule has 1 aliphatic rings. The van der Waals surface area contributed by atoms with Gasteiger partial charge in [0, 0.05) is 23.8 Å². The van der Waals surface area contributed by atoms with Crippen LogP contribution in [0.4, 0.5) is 5.69 Å². The summed E-state index contributed by atoms with van der Waals surface area (Å²) in [6.45, 7) is 2.67. The van der Waals surface area contributed by atoms with Gasteiger partial charge in [-0.1, -0.05) is 30.3 Å². The lowest BCUT2D eigenvalue weighted by molar-refractivity contribution is 0.0980. The van der Waals surface area contributed by atoms with Gasteiger partial charge in [0.2, 0.25) is 0 Å². The Hall–Kier alpha value is -2.13. The van der Waals surface area contributed by atoms with Crippen LogP contribution in [0.2, 0.25) is 0 Å². The molecule has 0 radical (unpaired) electrons. The standard InChI is InChI=1S/C17H18N2O/c1-12(18)14-6-4-7-15(11-14)19-10-9-13-5-2-3-8-16(13)17(19)20/h2-8,11-12H,9-10,18H2,1H3. The quantitative estimate of drug-likeness (QED) is 0.908. The van der Waals surface area contributed by atoms with Crippen molar-refractivity contribution in [1.82, 2.24) is 0 Å². The van der Waals surface area contributed by atoms with Crippen LogP contribution >= 0.6 is 0 Å². The van der Waals surface area contributed by atoms with E-state index in [2.05, 4.69) is 0 Å². The van der Waals surface area contributed by atoms with Crippen LogP contribution in [0, 0.1) is 0 Å². The summed E-state index contributed by atoms with van der Waals surface area (Å²) >= 11 is 0. The molecule has 2 N–H and O–H groups in total. The lowest BCUT2D eigenvalue weighted by Gasteiger charge is -2.29. The van der Waals surface area contributed by atoms with Gasteiger partial charge in [0.25, 0.3) is 5.91 Å². The number of carbonyl (C=O) groups excluding carboxylic acids is 1. The number of anilines is 1. The summed E-state index contributed by atoms with van der Waals surface area (Å²) in [6, 6.07) is 15.7. The molecular formula is C17H18N2O. The third kappa shape index (κ3) is 2.21. The lowest BCUT2D eigenvalue weighted by Crippen LogP contribution is -2.37. The smallest absolute Gasteiger partial charge is 0.258 e. The van der Waals surface area contributed by atoms with Gasteiger partial charge < -0.3 is 10.6 Å². The van der Waals surface area contributed by atoms with E-state index in [9.17, 15) is 4.79 Å². The van der Waals surface area contributed by atoms with Gasteiger partial charge in [-0.05, 0) is 42.7 Å². The molecule has 20 heavy (non-hydrogen) atoms. The van der Waals surface area contributed by atoms with Crippen LogP contribution in [-0.4, -0.2) is 12.5 Å². The summed E-state index contributed by atoms with van der Waals surface area (Å²) in [4.78, 5) is 14.4. The highest BCUT2D eigenvalue weighted by Gasteiger charge is 2.25. The van der Waals surface area contributed by atoms with Crippen molar-refractivity contribution >= 4 is 11.6 Å². The lowest BCUT2D eigenvalue weighted by atomic mass is 9.98. The number of nitrogens with two attached hydrogens (primary N) is 1. The maximum absolute atomic E-state index is 12.6. The highest BCUT2D eigenvalue weighted by Crippen LogP contribution is 2.26. The van der Waals surface area contributed by atoms with E-state index in [1.807, 2.05) is 60.4 Å². The van der Waals surface area contributed by atoms with E-state index in [0.29, 0.717) is 0 Å². The normalized spacial score (nSPS) is 15.9. The second kappa shape index (κ2) is 5.10. The summed E-state index contributed by atoms with van der Waals surface area (Å²) in [7, 11) is 0. The minimum Gasteiger partial charge on any atom is -0.324 e. The topological polar surface area (TPSA) is 46.3 Å². The fourth-order valence-corrected chi connectivity index (χ4v) is 2.65. The molecule has 1 atom stereocenters. The Labute approximate surface area is 119 Å². The zero-order valence-corrected chi connectivity index (χ0v) is 11.5. The van der Waals surface area contributed by atoms with E-state index in [-0.39, 0.29) is 11.9 Å². The van der Waals surface area contributed by atoms with Crippen LogP contribution in [-0.2, 0) is 6.42 Å². The fraction of sp³-hybridized carbons (Fsp3) is 0.235.